The molecule has 3 nitrogen and oxygen atoms in total. The van der Waals surface area contributed by atoms with Gasteiger partial charge in [0.1, 0.15) is 5.75 Å². The molecule has 1 atom stereocenters. The average Bonchev–Trinajstić information content (AvgIpc) is 3.30. The number of hydrogen-bond donors (Lipinski definition) is 1. The second-order valence-electron chi connectivity index (χ2n) is 5.99. The molecule has 1 aliphatic heterocycles. The second kappa shape index (κ2) is 6.59. The Balaban J connectivity index is 1.77. The SMILES string of the molecule is CCOc1cccc([C@H](CC2CC2)N2CCNCC2)c1. The topological polar surface area (TPSA) is 24.5 Å². The third kappa shape index (κ3) is 3.53. The molecule has 1 N–H and O–H groups in total. The van der Waals surface area contributed by atoms with Crippen molar-refractivity contribution in [3.05, 3.63) is 29.8 Å². The number of ether oxygens (including phenoxy) is 1. The van der Waals surface area contributed by atoms with E-state index in [1.165, 1.54) is 24.8 Å². The van der Waals surface area contributed by atoms with Gasteiger partial charge in [0.25, 0.3) is 0 Å². The van der Waals surface area contributed by atoms with Gasteiger partial charge in [-0.1, -0.05) is 25.0 Å². The summed E-state index contributed by atoms with van der Waals surface area (Å²) in [5, 5.41) is 3.46. The maximum Gasteiger partial charge on any atom is 0.119 e. The fourth-order valence-electron chi connectivity index (χ4n) is 3.14. The monoisotopic (exact) mass is 274 g/mol. The molecule has 2 aliphatic rings. The van der Waals surface area contributed by atoms with Gasteiger partial charge in [0.05, 0.1) is 6.61 Å². The molecule has 2 fully saturated rings. The van der Waals surface area contributed by atoms with E-state index in [0.29, 0.717) is 6.04 Å². The summed E-state index contributed by atoms with van der Waals surface area (Å²) in [5.41, 5.74) is 1.43. The van der Waals surface area contributed by atoms with Gasteiger partial charge in [0, 0.05) is 32.2 Å². The fourth-order valence-corrected chi connectivity index (χ4v) is 3.14. The molecule has 3 heteroatoms. The van der Waals surface area contributed by atoms with Crippen molar-refractivity contribution >= 4 is 0 Å². The highest BCUT2D eigenvalue weighted by Crippen LogP contribution is 2.40. The average molecular weight is 274 g/mol. The van der Waals surface area contributed by atoms with Crippen molar-refractivity contribution in [2.24, 2.45) is 5.92 Å². The molecule has 1 aliphatic carbocycles. The van der Waals surface area contributed by atoms with Gasteiger partial charge in [0.15, 0.2) is 0 Å². The summed E-state index contributed by atoms with van der Waals surface area (Å²) in [6, 6.07) is 9.31. The van der Waals surface area contributed by atoms with Gasteiger partial charge in [-0.3, -0.25) is 4.90 Å². The van der Waals surface area contributed by atoms with Gasteiger partial charge in [-0.25, -0.2) is 0 Å². The van der Waals surface area contributed by atoms with Crippen LogP contribution in [0.1, 0.15) is 37.8 Å². The van der Waals surface area contributed by atoms with Crippen LogP contribution in [0, 0.1) is 5.92 Å². The number of hydrogen-bond acceptors (Lipinski definition) is 3. The van der Waals surface area contributed by atoms with Gasteiger partial charge in [-0.05, 0) is 37.0 Å². The van der Waals surface area contributed by atoms with E-state index in [9.17, 15) is 0 Å². The molecule has 1 saturated heterocycles. The highest BCUT2D eigenvalue weighted by molar-refractivity contribution is 5.31. The van der Waals surface area contributed by atoms with Crippen molar-refractivity contribution < 1.29 is 4.74 Å². The predicted molar refractivity (Wildman–Crippen MR) is 82.1 cm³/mol. The van der Waals surface area contributed by atoms with Gasteiger partial charge in [-0.2, -0.15) is 0 Å². The second-order valence-corrected chi connectivity index (χ2v) is 5.99. The molecule has 110 valence electrons. The first-order valence-corrected chi connectivity index (χ1v) is 8.04. The Bertz CT molecular complexity index is 425. The first-order chi connectivity index (χ1) is 9.86. The van der Waals surface area contributed by atoms with Crippen molar-refractivity contribution in [1.82, 2.24) is 10.2 Å². The van der Waals surface area contributed by atoms with Gasteiger partial charge >= 0.3 is 0 Å². The Morgan fingerprint density at radius 3 is 2.80 bits per heavy atom. The van der Waals surface area contributed by atoms with Crippen molar-refractivity contribution in [3.8, 4) is 5.75 Å². The quantitative estimate of drug-likeness (QED) is 0.863. The standard InChI is InChI=1S/C17H26N2O/c1-2-20-16-5-3-4-15(13-16)17(12-14-6-7-14)19-10-8-18-9-11-19/h3-5,13-14,17-18H,2,6-12H2,1H3/t17-/m0/s1. The summed E-state index contributed by atoms with van der Waals surface area (Å²) in [6.07, 6.45) is 4.16. The third-order valence-electron chi connectivity index (χ3n) is 4.40. The van der Waals surface area contributed by atoms with E-state index in [0.717, 1.165) is 44.5 Å². The molecule has 20 heavy (non-hydrogen) atoms. The van der Waals surface area contributed by atoms with E-state index >= 15 is 0 Å². The van der Waals surface area contributed by atoms with E-state index in [1.807, 2.05) is 6.92 Å². The molecular weight excluding hydrogens is 248 g/mol. The van der Waals surface area contributed by atoms with Crippen LogP contribution in [0.15, 0.2) is 24.3 Å². The molecule has 0 aromatic heterocycles. The first-order valence-electron chi connectivity index (χ1n) is 8.04. The van der Waals surface area contributed by atoms with Gasteiger partial charge in [-0.15, -0.1) is 0 Å². The molecule has 1 heterocycles. The Labute approximate surface area is 122 Å². The van der Waals surface area contributed by atoms with E-state index in [2.05, 4.69) is 34.5 Å². The minimum Gasteiger partial charge on any atom is -0.494 e. The van der Waals surface area contributed by atoms with Crippen LogP contribution in [-0.2, 0) is 0 Å². The van der Waals surface area contributed by atoms with Gasteiger partial charge in [0.2, 0.25) is 0 Å². The summed E-state index contributed by atoms with van der Waals surface area (Å²) >= 11 is 0. The van der Waals surface area contributed by atoms with Crippen LogP contribution in [0.4, 0.5) is 0 Å². The van der Waals surface area contributed by atoms with Crippen molar-refractivity contribution in [2.75, 3.05) is 32.8 Å². The third-order valence-corrected chi connectivity index (χ3v) is 4.40. The Hall–Kier alpha value is -1.06. The molecule has 0 amide bonds. The lowest BCUT2D eigenvalue weighted by atomic mass is 9.98. The Morgan fingerprint density at radius 2 is 2.10 bits per heavy atom. The largest absolute Gasteiger partial charge is 0.494 e. The van der Waals surface area contributed by atoms with Crippen LogP contribution in [0.5, 0.6) is 5.75 Å². The number of rotatable bonds is 6. The van der Waals surface area contributed by atoms with Crippen LogP contribution >= 0.6 is 0 Å². The van der Waals surface area contributed by atoms with Gasteiger partial charge < -0.3 is 10.1 Å². The smallest absolute Gasteiger partial charge is 0.119 e. The van der Waals surface area contributed by atoms with Crippen molar-refractivity contribution in [3.63, 3.8) is 0 Å². The predicted octanol–water partition coefficient (Wildman–Crippen LogP) is 2.83. The van der Waals surface area contributed by atoms with Crippen LogP contribution < -0.4 is 10.1 Å². The highest BCUT2D eigenvalue weighted by Gasteiger charge is 2.30. The summed E-state index contributed by atoms with van der Waals surface area (Å²) in [5.74, 6) is 1.96. The lowest BCUT2D eigenvalue weighted by Gasteiger charge is -2.35. The van der Waals surface area contributed by atoms with Crippen molar-refractivity contribution in [2.45, 2.75) is 32.2 Å². The summed E-state index contributed by atoms with van der Waals surface area (Å²) in [6.45, 7) is 7.35. The normalized spacial score (nSPS) is 21.6. The Kier molecular flexibility index (Phi) is 4.58. The van der Waals surface area contributed by atoms with E-state index < -0.39 is 0 Å². The molecule has 0 bridgehead atoms. The van der Waals surface area contributed by atoms with Crippen LogP contribution in [0.25, 0.3) is 0 Å². The summed E-state index contributed by atoms with van der Waals surface area (Å²) in [7, 11) is 0. The molecule has 0 unspecified atom stereocenters. The van der Waals surface area contributed by atoms with E-state index in [1.54, 1.807) is 0 Å². The lowest BCUT2D eigenvalue weighted by Crippen LogP contribution is -2.45. The van der Waals surface area contributed by atoms with Crippen LogP contribution in [0.3, 0.4) is 0 Å². The highest BCUT2D eigenvalue weighted by atomic mass is 16.5. The molecule has 0 radical (unpaired) electrons. The molecule has 1 saturated carbocycles. The number of benzene rings is 1. The maximum absolute atomic E-state index is 5.67. The molecule has 3 rings (SSSR count). The molecule has 1 aromatic rings. The fraction of sp³-hybridized carbons (Fsp3) is 0.647. The zero-order chi connectivity index (χ0) is 13.8. The van der Waals surface area contributed by atoms with Crippen LogP contribution in [0.2, 0.25) is 0 Å². The molecule has 0 spiro atoms. The Morgan fingerprint density at radius 1 is 1.30 bits per heavy atom. The number of nitrogens with zero attached hydrogens (tertiary/aromatic N) is 1. The molecular formula is C17H26N2O. The first kappa shape index (κ1) is 13.9. The number of piperazine rings is 1. The summed E-state index contributed by atoms with van der Waals surface area (Å²) in [4.78, 5) is 2.65. The van der Waals surface area contributed by atoms with E-state index in [-0.39, 0.29) is 0 Å². The maximum atomic E-state index is 5.67. The zero-order valence-corrected chi connectivity index (χ0v) is 12.5. The zero-order valence-electron chi connectivity index (χ0n) is 12.5. The lowest BCUT2D eigenvalue weighted by molar-refractivity contribution is 0.160. The van der Waals surface area contributed by atoms with Crippen LogP contribution in [-0.4, -0.2) is 37.7 Å². The van der Waals surface area contributed by atoms with E-state index in [4.69, 9.17) is 4.74 Å². The summed E-state index contributed by atoms with van der Waals surface area (Å²) < 4.78 is 5.67. The minimum atomic E-state index is 0.574. The number of nitrogens with one attached hydrogen (secondary N) is 1. The minimum absolute atomic E-state index is 0.574. The van der Waals surface area contributed by atoms with Crippen molar-refractivity contribution in [1.29, 1.82) is 0 Å². The molecule has 1 aromatic carbocycles.